The third-order valence-electron chi connectivity index (χ3n) is 7.94. The highest BCUT2D eigenvalue weighted by Crippen LogP contribution is 2.59. The maximum absolute atomic E-state index is 14.8. The Balaban J connectivity index is 1.88. The number of benzene rings is 2. The van der Waals surface area contributed by atoms with Gasteiger partial charge < -0.3 is 10.4 Å². The monoisotopic (exact) mass is 559 g/mol. The molecule has 1 fully saturated rings. The smallest absolute Gasteiger partial charge is 0.426 e. The number of alkyl halides is 4. The van der Waals surface area contributed by atoms with Crippen molar-refractivity contribution in [1.82, 2.24) is 5.32 Å². The van der Waals surface area contributed by atoms with Gasteiger partial charge in [-0.1, -0.05) is 18.2 Å². The van der Waals surface area contributed by atoms with Gasteiger partial charge in [0.25, 0.3) is 0 Å². The first-order valence-electron chi connectivity index (χ1n) is 12.0. The summed E-state index contributed by atoms with van der Waals surface area (Å²) in [6.07, 6.45) is -5.07. The van der Waals surface area contributed by atoms with Crippen LogP contribution in [0, 0.1) is 17.7 Å². The van der Waals surface area contributed by atoms with Crippen LogP contribution in [0.4, 0.5) is 22.0 Å². The summed E-state index contributed by atoms with van der Waals surface area (Å²) >= 11 is 0. The number of sulfone groups is 1. The first-order chi connectivity index (χ1) is 17.5. The van der Waals surface area contributed by atoms with E-state index in [-0.39, 0.29) is 41.7 Å². The number of fused-ring (bicyclic) bond motifs is 3. The largest absolute Gasteiger partial charge is 0.480 e. The van der Waals surface area contributed by atoms with Gasteiger partial charge in [0.15, 0.2) is 9.84 Å². The summed E-state index contributed by atoms with van der Waals surface area (Å²) in [4.78, 5) is 24.1. The van der Waals surface area contributed by atoms with Crippen molar-refractivity contribution in [3.8, 4) is 0 Å². The van der Waals surface area contributed by atoms with Crippen molar-refractivity contribution in [2.45, 2.75) is 67.1 Å². The first kappa shape index (κ1) is 28.0. The molecule has 12 heteroatoms. The van der Waals surface area contributed by atoms with Gasteiger partial charge >= 0.3 is 12.1 Å². The second-order valence-electron chi connectivity index (χ2n) is 10.1. The van der Waals surface area contributed by atoms with E-state index in [2.05, 4.69) is 5.32 Å². The van der Waals surface area contributed by atoms with Crippen LogP contribution in [0.2, 0.25) is 0 Å². The van der Waals surface area contributed by atoms with E-state index in [1.54, 1.807) is 0 Å². The predicted molar refractivity (Wildman–Crippen MR) is 126 cm³/mol. The molecule has 2 aromatic carbocycles. The highest BCUT2D eigenvalue weighted by molar-refractivity contribution is 7.92. The highest BCUT2D eigenvalue weighted by Gasteiger charge is 2.62. The SMILES string of the molecule is C[C@H](NC(=O)[C@@H]1CC[C@@]2(S(=O)(=O)c3ccc(F)cc3)c3ccc(C(C)(F)C(F)(F)F)cc3CC[C@@H]12)C(=O)O. The lowest BCUT2D eigenvalue weighted by atomic mass is 9.72. The van der Waals surface area contributed by atoms with Gasteiger partial charge in [-0.25, -0.2) is 17.2 Å². The van der Waals surface area contributed by atoms with Gasteiger partial charge in [0.05, 0.1) is 4.90 Å². The van der Waals surface area contributed by atoms with Crippen LogP contribution in [-0.2, 0) is 36.3 Å². The zero-order valence-electron chi connectivity index (χ0n) is 20.5. The Hall–Kier alpha value is -3.02. The fraction of sp³-hybridized carbons (Fsp3) is 0.462. The van der Waals surface area contributed by atoms with Crippen LogP contribution in [0.1, 0.15) is 49.8 Å². The molecule has 0 radical (unpaired) electrons. The summed E-state index contributed by atoms with van der Waals surface area (Å²) in [7, 11) is -4.36. The zero-order valence-corrected chi connectivity index (χ0v) is 21.3. The minimum atomic E-state index is -5.20. The number of carboxylic acid groups (broad SMARTS) is 1. The van der Waals surface area contributed by atoms with Crippen molar-refractivity contribution >= 4 is 21.7 Å². The second-order valence-corrected chi connectivity index (χ2v) is 12.3. The van der Waals surface area contributed by atoms with Crippen LogP contribution < -0.4 is 5.32 Å². The van der Waals surface area contributed by atoms with Crippen LogP contribution >= 0.6 is 0 Å². The van der Waals surface area contributed by atoms with E-state index < -0.39 is 67.6 Å². The Morgan fingerprint density at radius 3 is 2.29 bits per heavy atom. The number of carbonyl (C=O) groups is 2. The maximum atomic E-state index is 14.8. The third-order valence-corrected chi connectivity index (χ3v) is 10.5. The fourth-order valence-corrected chi connectivity index (χ4v) is 8.30. The van der Waals surface area contributed by atoms with Gasteiger partial charge in [0.2, 0.25) is 11.6 Å². The molecule has 0 aliphatic heterocycles. The van der Waals surface area contributed by atoms with Crippen molar-refractivity contribution in [3.63, 3.8) is 0 Å². The lowest BCUT2D eigenvalue weighted by Gasteiger charge is -2.42. The minimum absolute atomic E-state index is 0.0633. The molecule has 38 heavy (non-hydrogen) atoms. The lowest BCUT2D eigenvalue weighted by molar-refractivity contribution is -0.228. The summed E-state index contributed by atoms with van der Waals surface area (Å²) < 4.78 is 95.2. The fourth-order valence-electron chi connectivity index (χ4n) is 5.83. The molecule has 2 aliphatic carbocycles. The molecule has 2 N–H and O–H groups in total. The maximum Gasteiger partial charge on any atom is 0.426 e. The van der Waals surface area contributed by atoms with Crippen molar-refractivity contribution in [3.05, 3.63) is 65.0 Å². The van der Waals surface area contributed by atoms with Gasteiger partial charge in [-0.3, -0.25) is 9.59 Å². The number of nitrogens with one attached hydrogen (secondary N) is 1. The average molecular weight is 560 g/mol. The van der Waals surface area contributed by atoms with Gasteiger partial charge in [0.1, 0.15) is 16.6 Å². The van der Waals surface area contributed by atoms with E-state index in [1.165, 1.54) is 13.0 Å². The first-order valence-corrected chi connectivity index (χ1v) is 13.4. The Bertz CT molecular complexity index is 1370. The van der Waals surface area contributed by atoms with E-state index in [9.17, 15) is 45.1 Å². The molecule has 1 saturated carbocycles. The second kappa shape index (κ2) is 9.32. The third kappa shape index (κ3) is 4.26. The summed E-state index contributed by atoms with van der Waals surface area (Å²) in [5, 5.41) is 11.6. The van der Waals surface area contributed by atoms with Crippen LogP contribution in [0.5, 0.6) is 0 Å². The zero-order chi connectivity index (χ0) is 28.3. The average Bonchev–Trinajstić information content (AvgIpc) is 3.25. The molecule has 2 aliphatic rings. The topological polar surface area (TPSA) is 101 Å². The van der Waals surface area contributed by atoms with Crippen LogP contribution in [0.3, 0.4) is 0 Å². The Morgan fingerprint density at radius 2 is 1.71 bits per heavy atom. The van der Waals surface area contributed by atoms with Crippen LogP contribution in [0.15, 0.2) is 47.4 Å². The molecule has 0 saturated heterocycles. The predicted octanol–water partition coefficient (Wildman–Crippen LogP) is 4.80. The van der Waals surface area contributed by atoms with Crippen molar-refractivity contribution in [2.24, 2.45) is 11.8 Å². The van der Waals surface area contributed by atoms with Crippen molar-refractivity contribution in [2.75, 3.05) is 0 Å². The van der Waals surface area contributed by atoms with E-state index in [0.29, 0.717) is 6.92 Å². The number of carbonyl (C=O) groups excluding carboxylic acids is 1. The lowest BCUT2D eigenvalue weighted by Crippen LogP contribution is -2.48. The molecule has 1 unspecified atom stereocenters. The number of aryl methyl sites for hydroxylation is 1. The van der Waals surface area contributed by atoms with Gasteiger partial charge in [-0.15, -0.1) is 0 Å². The summed E-state index contributed by atoms with van der Waals surface area (Å²) in [5.74, 6) is -4.35. The van der Waals surface area contributed by atoms with Crippen molar-refractivity contribution in [1.29, 1.82) is 0 Å². The summed E-state index contributed by atoms with van der Waals surface area (Å²) in [6.45, 7) is 1.66. The number of rotatable bonds is 6. The van der Waals surface area contributed by atoms with Gasteiger partial charge in [0, 0.05) is 5.92 Å². The number of aliphatic carboxylic acids is 1. The molecule has 2 aromatic rings. The Kier molecular flexibility index (Phi) is 6.87. The van der Waals surface area contributed by atoms with E-state index in [1.807, 2.05) is 0 Å². The molecule has 0 heterocycles. The molecule has 0 spiro atoms. The van der Waals surface area contributed by atoms with E-state index in [0.717, 1.165) is 36.4 Å². The Labute approximate surface area is 216 Å². The standard InChI is InChI=1S/C26H26F5NO5S/c1-14(23(34)35)32-22(33)19-11-12-25(38(36,37)18-7-5-17(27)6-8-18)20-10-4-16(24(2,28)26(29,30)31)13-15(20)3-9-21(19)25/h4-8,10,13-14,19,21H,3,9,11-12H2,1-2H3,(H,32,33)(H,34,35)/t14-,19+,21-,24?,25+/m0/s1. The molecule has 0 bridgehead atoms. The molecule has 206 valence electrons. The van der Waals surface area contributed by atoms with Crippen LogP contribution in [-0.4, -0.2) is 37.6 Å². The quantitative estimate of drug-likeness (QED) is 0.391. The molecule has 1 amide bonds. The number of carboxylic acids is 1. The number of hydrogen-bond acceptors (Lipinski definition) is 4. The van der Waals surface area contributed by atoms with E-state index >= 15 is 0 Å². The Morgan fingerprint density at radius 1 is 1.08 bits per heavy atom. The normalized spacial score (nSPS) is 25.6. The summed E-state index contributed by atoms with van der Waals surface area (Å²) in [5.41, 5.74) is -3.95. The molecular weight excluding hydrogens is 533 g/mol. The molecule has 4 rings (SSSR count). The highest BCUT2D eigenvalue weighted by atomic mass is 32.2. The summed E-state index contributed by atoms with van der Waals surface area (Å²) in [6, 6.07) is 6.00. The molecule has 0 aromatic heterocycles. The minimum Gasteiger partial charge on any atom is -0.480 e. The molecule has 5 atom stereocenters. The van der Waals surface area contributed by atoms with E-state index in [4.69, 9.17) is 0 Å². The van der Waals surface area contributed by atoms with Gasteiger partial charge in [-0.2, -0.15) is 13.2 Å². The molecular formula is C26H26F5NO5S. The number of amides is 1. The number of halogens is 5. The van der Waals surface area contributed by atoms with Crippen molar-refractivity contribution < 1.29 is 45.1 Å². The van der Waals surface area contributed by atoms with Crippen LogP contribution in [0.25, 0.3) is 0 Å². The van der Waals surface area contributed by atoms with Gasteiger partial charge in [-0.05, 0) is 86.4 Å². The number of hydrogen-bond donors (Lipinski definition) is 2. The molecule has 6 nitrogen and oxygen atoms in total.